The Morgan fingerprint density at radius 2 is 2.25 bits per heavy atom. The summed E-state index contributed by atoms with van der Waals surface area (Å²) >= 11 is 5.27. The number of methoxy groups -OCH3 is 1. The summed E-state index contributed by atoms with van der Waals surface area (Å²) in [6, 6.07) is 5.90. The highest BCUT2D eigenvalue weighted by Crippen LogP contribution is 2.44. The van der Waals surface area contributed by atoms with Crippen molar-refractivity contribution in [1.29, 1.82) is 0 Å². The van der Waals surface area contributed by atoms with Crippen LogP contribution in [0, 0.1) is 3.82 Å². The van der Waals surface area contributed by atoms with Gasteiger partial charge in [0.15, 0.2) is 0 Å². The smallest absolute Gasteiger partial charge is 0.132 e. The molecule has 2 aromatic rings. The SMILES string of the molecule is COc1ccc2c(c1)OCc1c-2ssc1=S. The highest BCUT2D eigenvalue weighted by molar-refractivity contribution is 7.80. The van der Waals surface area contributed by atoms with Crippen LogP contribution in [-0.2, 0) is 6.61 Å². The fourth-order valence-electron chi connectivity index (χ4n) is 1.69. The molecule has 1 aliphatic heterocycles. The van der Waals surface area contributed by atoms with Gasteiger partial charge in [-0.25, -0.2) is 0 Å². The van der Waals surface area contributed by atoms with Gasteiger partial charge < -0.3 is 9.47 Å². The quantitative estimate of drug-likeness (QED) is 0.573. The van der Waals surface area contributed by atoms with Crippen molar-refractivity contribution in [2.24, 2.45) is 0 Å². The van der Waals surface area contributed by atoms with E-state index >= 15 is 0 Å². The molecule has 82 valence electrons. The van der Waals surface area contributed by atoms with Crippen LogP contribution in [0.1, 0.15) is 5.56 Å². The summed E-state index contributed by atoms with van der Waals surface area (Å²) in [6.45, 7) is 0.578. The van der Waals surface area contributed by atoms with Crippen LogP contribution in [0.4, 0.5) is 0 Å². The molecule has 16 heavy (non-hydrogen) atoms. The molecule has 2 nitrogen and oxygen atoms in total. The van der Waals surface area contributed by atoms with E-state index in [1.807, 2.05) is 18.2 Å². The van der Waals surface area contributed by atoms with Gasteiger partial charge in [0.2, 0.25) is 0 Å². The molecule has 0 atom stereocenters. The van der Waals surface area contributed by atoms with Gasteiger partial charge in [0.25, 0.3) is 0 Å². The zero-order chi connectivity index (χ0) is 11.1. The van der Waals surface area contributed by atoms with E-state index in [9.17, 15) is 0 Å². The van der Waals surface area contributed by atoms with Gasteiger partial charge in [0.1, 0.15) is 21.9 Å². The predicted octanol–water partition coefficient (Wildman–Crippen LogP) is 4.11. The molecule has 1 aliphatic rings. The fourth-order valence-corrected chi connectivity index (χ4v) is 4.58. The number of hydrogen-bond donors (Lipinski definition) is 0. The normalized spacial score (nSPS) is 12.6. The maximum absolute atomic E-state index is 5.70. The minimum atomic E-state index is 0.578. The molecule has 5 heteroatoms. The summed E-state index contributed by atoms with van der Waals surface area (Å²) in [4.78, 5) is 1.25. The van der Waals surface area contributed by atoms with Gasteiger partial charge in [-0.3, -0.25) is 0 Å². The van der Waals surface area contributed by atoms with Crippen molar-refractivity contribution in [1.82, 2.24) is 0 Å². The van der Waals surface area contributed by atoms with Crippen molar-refractivity contribution < 1.29 is 9.47 Å². The van der Waals surface area contributed by atoms with Crippen molar-refractivity contribution in [3.8, 4) is 21.9 Å². The van der Waals surface area contributed by atoms with Gasteiger partial charge in [0.05, 0.1) is 12.0 Å². The summed E-state index contributed by atoms with van der Waals surface area (Å²) in [5.74, 6) is 1.71. The van der Waals surface area contributed by atoms with E-state index in [1.54, 1.807) is 27.8 Å². The maximum atomic E-state index is 5.70. The van der Waals surface area contributed by atoms with Crippen LogP contribution in [0.2, 0.25) is 0 Å². The van der Waals surface area contributed by atoms with Gasteiger partial charge in [-0.2, -0.15) is 0 Å². The molecule has 0 radical (unpaired) electrons. The molecule has 0 saturated heterocycles. The summed E-state index contributed by atoms with van der Waals surface area (Å²) in [5.41, 5.74) is 2.28. The zero-order valence-corrected chi connectivity index (χ0v) is 10.9. The second-order valence-corrected chi connectivity index (χ2v) is 6.23. The molecule has 0 saturated carbocycles. The largest absolute Gasteiger partial charge is 0.497 e. The Kier molecular flexibility index (Phi) is 2.46. The molecule has 0 amide bonds. The molecule has 0 N–H and O–H groups in total. The lowest BCUT2D eigenvalue weighted by Crippen LogP contribution is -2.03. The van der Waals surface area contributed by atoms with E-state index in [0.29, 0.717) is 6.61 Å². The summed E-state index contributed by atoms with van der Waals surface area (Å²) in [5, 5.41) is 0. The number of fused-ring (bicyclic) bond motifs is 3. The Labute approximate surface area is 105 Å². The second kappa shape index (κ2) is 3.84. The number of benzene rings is 1. The maximum Gasteiger partial charge on any atom is 0.132 e. The minimum Gasteiger partial charge on any atom is -0.497 e. The molecule has 0 aliphatic carbocycles. The average molecular weight is 268 g/mol. The minimum absolute atomic E-state index is 0.578. The first-order valence-corrected chi connectivity index (χ1v) is 7.28. The molecule has 1 aromatic heterocycles. The monoisotopic (exact) mass is 268 g/mol. The zero-order valence-electron chi connectivity index (χ0n) is 8.48. The molecular weight excluding hydrogens is 260 g/mol. The fraction of sp³-hybridized carbons (Fsp3) is 0.182. The Hall–Kier alpha value is -0.910. The van der Waals surface area contributed by atoms with Gasteiger partial charge >= 0.3 is 0 Å². The molecule has 0 unspecified atom stereocenters. The van der Waals surface area contributed by atoms with E-state index in [4.69, 9.17) is 21.7 Å². The third kappa shape index (κ3) is 1.47. The van der Waals surface area contributed by atoms with E-state index in [2.05, 4.69) is 0 Å². The number of ether oxygens (including phenoxy) is 2. The first-order valence-electron chi connectivity index (χ1n) is 4.73. The topological polar surface area (TPSA) is 18.5 Å². The molecule has 0 bridgehead atoms. The summed E-state index contributed by atoms with van der Waals surface area (Å²) < 4.78 is 11.8. The third-order valence-electron chi connectivity index (χ3n) is 2.53. The molecule has 2 heterocycles. The number of hydrogen-bond acceptors (Lipinski definition) is 5. The molecule has 1 aromatic carbocycles. The van der Waals surface area contributed by atoms with Crippen LogP contribution in [0.25, 0.3) is 10.4 Å². The lowest BCUT2D eigenvalue weighted by Gasteiger charge is -2.17. The molecular formula is C11H8O2S3. The Morgan fingerprint density at radius 1 is 1.38 bits per heavy atom. The van der Waals surface area contributed by atoms with Crippen LogP contribution >= 0.6 is 32.9 Å². The van der Waals surface area contributed by atoms with Crippen LogP contribution in [-0.4, -0.2) is 7.11 Å². The van der Waals surface area contributed by atoms with Crippen LogP contribution in [0.15, 0.2) is 18.2 Å². The van der Waals surface area contributed by atoms with Crippen molar-refractivity contribution in [3.05, 3.63) is 27.6 Å². The van der Waals surface area contributed by atoms with Crippen molar-refractivity contribution >= 4 is 32.9 Å². The van der Waals surface area contributed by atoms with Crippen molar-refractivity contribution in [2.75, 3.05) is 7.11 Å². The van der Waals surface area contributed by atoms with E-state index in [-0.39, 0.29) is 0 Å². The van der Waals surface area contributed by atoms with Gasteiger partial charge in [0, 0.05) is 17.2 Å². The van der Waals surface area contributed by atoms with Crippen molar-refractivity contribution in [2.45, 2.75) is 6.61 Å². The van der Waals surface area contributed by atoms with Crippen LogP contribution < -0.4 is 9.47 Å². The highest BCUT2D eigenvalue weighted by atomic mass is 32.9. The Bertz CT molecular complexity index is 598. The average Bonchev–Trinajstić information content (AvgIpc) is 2.70. The predicted molar refractivity (Wildman–Crippen MR) is 69.4 cm³/mol. The molecule has 0 spiro atoms. The van der Waals surface area contributed by atoms with E-state index in [0.717, 1.165) is 26.4 Å². The van der Waals surface area contributed by atoms with Crippen LogP contribution in [0.5, 0.6) is 11.5 Å². The summed E-state index contributed by atoms with van der Waals surface area (Å²) in [6.07, 6.45) is 0. The lowest BCUT2D eigenvalue weighted by atomic mass is 10.1. The highest BCUT2D eigenvalue weighted by Gasteiger charge is 2.20. The van der Waals surface area contributed by atoms with Gasteiger partial charge in [-0.05, 0) is 12.1 Å². The van der Waals surface area contributed by atoms with Crippen molar-refractivity contribution in [3.63, 3.8) is 0 Å². The Morgan fingerprint density at radius 3 is 3.06 bits per heavy atom. The Balaban J connectivity index is 2.22. The standard InChI is InChI=1S/C11H8O2S3/c1-12-6-2-3-7-9(4-6)13-5-8-10(7)15-16-11(8)14/h2-4H,5H2,1H3. The summed E-state index contributed by atoms with van der Waals surface area (Å²) in [7, 11) is 5.02. The van der Waals surface area contributed by atoms with E-state index in [1.165, 1.54) is 4.88 Å². The second-order valence-electron chi connectivity index (χ2n) is 3.41. The first-order chi connectivity index (χ1) is 7.79. The lowest BCUT2D eigenvalue weighted by molar-refractivity contribution is 0.300. The first kappa shape index (κ1) is 10.3. The molecule has 3 rings (SSSR count). The number of rotatable bonds is 1. The van der Waals surface area contributed by atoms with Gasteiger partial charge in [-0.1, -0.05) is 32.9 Å². The molecule has 0 fully saturated rings. The third-order valence-corrected chi connectivity index (χ3v) is 5.70. The van der Waals surface area contributed by atoms with Gasteiger partial charge in [-0.15, -0.1) is 0 Å². The van der Waals surface area contributed by atoms with E-state index < -0.39 is 0 Å². The van der Waals surface area contributed by atoms with Crippen LogP contribution in [0.3, 0.4) is 0 Å².